The fourth-order valence-electron chi connectivity index (χ4n) is 3.13. The average molecular weight is 555 g/mol. The van der Waals surface area contributed by atoms with Gasteiger partial charge in [0.05, 0.1) is 12.3 Å². The molecule has 0 saturated carbocycles. The lowest BCUT2D eigenvalue weighted by Crippen LogP contribution is -2.39. The van der Waals surface area contributed by atoms with Gasteiger partial charge >= 0.3 is 0 Å². The van der Waals surface area contributed by atoms with E-state index in [0.29, 0.717) is 19.0 Å². The third kappa shape index (κ3) is 8.15. The maximum atomic E-state index is 12.2. The maximum absolute atomic E-state index is 12.2. The third-order valence-electron chi connectivity index (χ3n) is 4.67. The van der Waals surface area contributed by atoms with E-state index in [1.54, 1.807) is 0 Å². The van der Waals surface area contributed by atoms with Crippen LogP contribution in [0.1, 0.15) is 18.1 Å². The second kappa shape index (κ2) is 12.7. The van der Waals surface area contributed by atoms with E-state index in [9.17, 15) is 8.42 Å². The van der Waals surface area contributed by atoms with E-state index >= 15 is 0 Å². The van der Waals surface area contributed by atoms with Crippen LogP contribution in [0.2, 0.25) is 0 Å². The van der Waals surface area contributed by atoms with Crippen LogP contribution in [0.4, 0.5) is 0 Å². The second-order valence-corrected chi connectivity index (χ2v) is 8.85. The second-order valence-electron chi connectivity index (χ2n) is 6.92. The Labute approximate surface area is 201 Å². The molecule has 0 bridgehead atoms. The molecule has 7 nitrogen and oxygen atoms in total. The summed E-state index contributed by atoms with van der Waals surface area (Å²) >= 11 is 0. The van der Waals surface area contributed by atoms with Crippen molar-refractivity contribution >= 4 is 50.9 Å². The van der Waals surface area contributed by atoms with Gasteiger partial charge < -0.3 is 15.6 Å². The Hall–Kier alpha value is -2.11. The predicted molar refractivity (Wildman–Crippen MR) is 138 cm³/mol. The molecule has 0 spiro atoms. The van der Waals surface area contributed by atoms with E-state index < -0.39 is 10.0 Å². The molecule has 0 amide bonds. The van der Waals surface area contributed by atoms with Gasteiger partial charge in [-0.05, 0) is 30.5 Å². The van der Waals surface area contributed by atoms with Gasteiger partial charge in [-0.1, -0.05) is 48.5 Å². The van der Waals surface area contributed by atoms with Gasteiger partial charge in [0.15, 0.2) is 5.96 Å². The minimum atomic E-state index is -3.39. The number of nitrogens with one attached hydrogen (secondary N) is 4. The Morgan fingerprint density at radius 3 is 2.55 bits per heavy atom. The Morgan fingerprint density at radius 1 is 1.03 bits per heavy atom. The molecule has 0 aliphatic carbocycles. The first kappa shape index (κ1) is 25.2. The summed E-state index contributed by atoms with van der Waals surface area (Å²) in [6.45, 7) is 3.86. The number of guanidine groups is 1. The maximum Gasteiger partial charge on any atom is 0.213 e. The number of rotatable bonds is 10. The van der Waals surface area contributed by atoms with Crippen molar-refractivity contribution in [2.24, 2.45) is 4.99 Å². The van der Waals surface area contributed by atoms with E-state index in [1.165, 1.54) is 10.9 Å². The largest absolute Gasteiger partial charge is 0.361 e. The number of aromatic nitrogens is 1. The van der Waals surface area contributed by atoms with E-state index in [1.807, 2.05) is 55.6 Å². The fourth-order valence-corrected chi connectivity index (χ4v) is 4.00. The first-order valence-electron chi connectivity index (χ1n) is 10.2. The number of aliphatic imine (C=N–C) groups is 1. The van der Waals surface area contributed by atoms with Crippen molar-refractivity contribution in [1.82, 2.24) is 20.3 Å². The summed E-state index contributed by atoms with van der Waals surface area (Å²) in [6.07, 6.45) is 2.87. The van der Waals surface area contributed by atoms with Gasteiger partial charge in [-0.3, -0.25) is 4.99 Å². The fraction of sp³-hybridized carbons (Fsp3) is 0.318. The normalized spacial score (nSPS) is 11.8. The Morgan fingerprint density at radius 2 is 1.77 bits per heavy atom. The molecule has 0 atom stereocenters. The van der Waals surface area contributed by atoms with Crippen LogP contribution in [-0.2, 0) is 23.0 Å². The zero-order valence-electron chi connectivity index (χ0n) is 17.6. The van der Waals surface area contributed by atoms with Crippen molar-refractivity contribution in [3.63, 3.8) is 0 Å². The van der Waals surface area contributed by atoms with Gasteiger partial charge in [0.2, 0.25) is 10.0 Å². The highest BCUT2D eigenvalue weighted by Crippen LogP contribution is 2.17. The summed E-state index contributed by atoms with van der Waals surface area (Å²) in [5.41, 5.74) is 3.29. The minimum Gasteiger partial charge on any atom is -0.361 e. The first-order chi connectivity index (χ1) is 14.6. The molecule has 1 heterocycles. The summed E-state index contributed by atoms with van der Waals surface area (Å²) in [4.78, 5) is 7.68. The number of hydrogen-bond acceptors (Lipinski definition) is 3. The highest BCUT2D eigenvalue weighted by Gasteiger charge is 2.10. The van der Waals surface area contributed by atoms with Crippen LogP contribution in [-0.4, -0.2) is 44.7 Å². The van der Waals surface area contributed by atoms with Crippen molar-refractivity contribution in [2.45, 2.75) is 19.9 Å². The van der Waals surface area contributed by atoms with Crippen molar-refractivity contribution in [3.05, 3.63) is 71.9 Å². The molecule has 0 fully saturated rings. The molecule has 4 N–H and O–H groups in total. The number of halogens is 1. The lowest BCUT2D eigenvalue weighted by Gasteiger charge is -2.11. The van der Waals surface area contributed by atoms with Crippen molar-refractivity contribution < 1.29 is 8.42 Å². The molecule has 3 rings (SSSR count). The number of fused-ring (bicyclic) bond motifs is 1. The van der Waals surface area contributed by atoms with E-state index in [-0.39, 0.29) is 42.8 Å². The molecule has 2 aromatic carbocycles. The van der Waals surface area contributed by atoms with Gasteiger partial charge in [0.25, 0.3) is 0 Å². The quantitative estimate of drug-likeness (QED) is 0.176. The number of hydrogen-bond donors (Lipinski definition) is 4. The first-order valence-corrected chi connectivity index (χ1v) is 11.8. The predicted octanol–water partition coefficient (Wildman–Crippen LogP) is 3.00. The van der Waals surface area contributed by atoms with Crippen molar-refractivity contribution in [2.75, 3.05) is 25.4 Å². The summed E-state index contributed by atoms with van der Waals surface area (Å²) in [5.74, 6) is 0.564. The van der Waals surface area contributed by atoms with Crippen LogP contribution in [0, 0.1) is 0 Å². The molecular weight excluding hydrogens is 525 g/mol. The molecule has 0 aliphatic rings. The zero-order valence-corrected chi connectivity index (χ0v) is 20.7. The molecular formula is C22H30IN5O2S. The van der Waals surface area contributed by atoms with Crippen LogP contribution in [0.5, 0.6) is 0 Å². The number of benzene rings is 2. The van der Waals surface area contributed by atoms with Crippen LogP contribution >= 0.6 is 24.0 Å². The SMILES string of the molecule is CCNC(=NCCS(=O)(=O)NCc1ccccc1)NCCc1c[nH]c2ccccc12.I. The molecule has 31 heavy (non-hydrogen) atoms. The van der Waals surface area contributed by atoms with Gasteiger partial charge in [0, 0.05) is 36.7 Å². The van der Waals surface area contributed by atoms with Crippen LogP contribution < -0.4 is 15.4 Å². The molecule has 9 heteroatoms. The van der Waals surface area contributed by atoms with E-state index in [2.05, 4.69) is 37.5 Å². The standard InChI is InChI=1S/C22H29N5O2S.HI/c1-2-23-22(24-13-12-19-17-26-21-11-7-6-10-20(19)21)25-14-15-30(28,29)27-16-18-8-4-3-5-9-18;/h3-11,17,26-27H,2,12-16H2,1H3,(H2,23,24,25);1H. The van der Waals surface area contributed by atoms with Gasteiger partial charge in [-0.2, -0.15) is 0 Å². The molecule has 0 unspecified atom stereocenters. The Balaban J connectivity index is 0.00000341. The highest BCUT2D eigenvalue weighted by molar-refractivity contribution is 14.0. The Bertz CT molecular complexity index is 1070. The third-order valence-corrected chi connectivity index (χ3v) is 5.98. The summed E-state index contributed by atoms with van der Waals surface area (Å²) in [6, 6.07) is 17.7. The van der Waals surface area contributed by atoms with E-state index in [0.717, 1.165) is 17.5 Å². The minimum absolute atomic E-state index is 0. The van der Waals surface area contributed by atoms with Crippen LogP contribution in [0.15, 0.2) is 65.8 Å². The van der Waals surface area contributed by atoms with Crippen LogP contribution in [0.3, 0.4) is 0 Å². The molecule has 0 aliphatic heterocycles. The number of H-pyrrole nitrogens is 1. The van der Waals surface area contributed by atoms with Crippen molar-refractivity contribution in [3.8, 4) is 0 Å². The molecule has 1 aromatic heterocycles. The monoisotopic (exact) mass is 555 g/mol. The van der Waals surface area contributed by atoms with Gasteiger partial charge in [-0.25, -0.2) is 13.1 Å². The number of nitrogens with zero attached hydrogens (tertiary/aromatic N) is 1. The lowest BCUT2D eigenvalue weighted by molar-refractivity contribution is 0.581. The average Bonchev–Trinajstić information content (AvgIpc) is 3.16. The van der Waals surface area contributed by atoms with Gasteiger partial charge in [0.1, 0.15) is 0 Å². The molecule has 168 valence electrons. The number of sulfonamides is 1. The molecule has 0 radical (unpaired) electrons. The van der Waals surface area contributed by atoms with E-state index in [4.69, 9.17) is 0 Å². The topological polar surface area (TPSA) is 98.4 Å². The van der Waals surface area contributed by atoms with Crippen molar-refractivity contribution in [1.29, 1.82) is 0 Å². The van der Waals surface area contributed by atoms with Crippen LogP contribution in [0.25, 0.3) is 10.9 Å². The number of aromatic amines is 1. The summed E-state index contributed by atoms with van der Waals surface area (Å²) in [7, 11) is -3.39. The highest BCUT2D eigenvalue weighted by atomic mass is 127. The molecule has 0 saturated heterocycles. The smallest absolute Gasteiger partial charge is 0.213 e. The Kier molecular flexibility index (Phi) is 10.3. The number of para-hydroxylation sites is 1. The lowest BCUT2D eigenvalue weighted by atomic mass is 10.1. The van der Waals surface area contributed by atoms with Gasteiger partial charge in [-0.15, -0.1) is 24.0 Å². The molecule has 3 aromatic rings. The summed E-state index contributed by atoms with van der Waals surface area (Å²) < 4.78 is 27.0. The summed E-state index contributed by atoms with van der Waals surface area (Å²) in [5, 5.41) is 7.66. The zero-order chi connectivity index (χ0) is 21.2.